The van der Waals surface area contributed by atoms with Crippen molar-refractivity contribution in [1.29, 1.82) is 0 Å². The molecule has 0 aliphatic carbocycles. The van der Waals surface area contributed by atoms with E-state index in [1.165, 1.54) is 121 Å². The molecule has 0 aromatic heterocycles. The number of hydrogen-bond donors (Lipinski definition) is 0. The zero-order chi connectivity index (χ0) is 25.7. The molecule has 35 heavy (non-hydrogen) atoms. The summed E-state index contributed by atoms with van der Waals surface area (Å²) in [6.45, 7) is 4.76. The van der Waals surface area contributed by atoms with E-state index in [2.05, 4.69) is 51.4 Å². The van der Waals surface area contributed by atoms with Crippen LogP contribution in [-0.2, 0) is 8.85 Å². The molecule has 204 valence electrons. The molecule has 0 saturated carbocycles. The molecule has 0 aliphatic heterocycles. The third kappa shape index (κ3) is 15.2. The van der Waals surface area contributed by atoms with Crippen LogP contribution in [0.15, 0.2) is 30.3 Å². The topological polar surface area (TPSA) is 18.5 Å². The number of quaternary nitrogens is 1. The fourth-order valence-corrected chi connectivity index (χ4v) is 7.96. The molecule has 0 bridgehead atoms. The zero-order valence-electron chi connectivity index (χ0n) is 24.3. The highest BCUT2D eigenvalue weighted by atomic mass is 28.4. The molecule has 1 rings (SSSR count). The second kappa shape index (κ2) is 20.4. The summed E-state index contributed by atoms with van der Waals surface area (Å²) in [6.07, 6.45) is 24.1. The van der Waals surface area contributed by atoms with Crippen molar-refractivity contribution in [2.75, 3.05) is 41.4 Å². The number of rotatable bonds is 24. The van der Waals surface area contributed by atoms with Crippen molar-refractivity contribution in [2.45, 2.75) is 122 Å². The van der Waals surface area contributed by atoms with Crippen LogP contribution >= 0.6 is 0 Å². The maximum atomic E-state index is 5.99. The lowest BCUT2D eigenvalue weighted by molar-refractivity contribution is -0.890. The average Bonchev–Trinajstić information content (AvgIpc) is 2.87. The van der Waals surface area contributed by atoms with Gasteiger partial charge in [0, 0.05) is 20.3 Å². The Morgan fingerprint density at radius 3 is 1.40 bits per heavy atom. The summed E-state index contributed by atoms with van der Waals surface area (Å²) in [5.74, 6) is 0. The number of hydrogen-bond acceptors (Lipinski definition) is 2. The van der Waals surface area contributed by atoms with E-state index in [-0.39, 0.29) is 0 Å². The van der Waals surface area contributed by atoms with E-state index < -0.39 is 8.56 Å². The molecule has 0 atom stereocenters. The summed E-state index contributed by atoms with van der Waals surface area (Å²) in [4.78, 5) is 0. The van der Waals surface area contributed by atoms with Gasteiger partial charge in [-0.3, -0.25) is 0 Å². The van der Waals surface area contributed by atoms with Gasteiger partial charge in [0.05, 0.1) is 27.2 Å². The van der Waals surface area contributed by atoms with Crippen LogP contribution < -0.4 is 5.19 Å². The van der Waals surface area contributed by atoms with Gasteiger partial charge in [-0.2, -0.15) is 0 Å². The largest absolute Gasteiger partial charge is 0.394 e. The Morgan fingerprint density at radius 1 is 0.571 bits per heavy atom. The van der Waals surface area contributed by atoms with E-state index >= 15 is 0 Å². The van der Waals surface area contributed by atoms with Gasteiger partial charge in [-0.25, -0.2) is 0 Å². The molecule has 3 nitrogen and oxygen atoms in total. The standard InChI is InChI=1S/C31H60NO2Si/c1-6-7-8-9-10-11-12-13-14-15-16-17-18-19-20-24-28-32(2,3)29-25-30-35(33-4,34-5)31-26-22-21-23-27-31/h21-23,26-27H,6-20,24-25,28-30H2,1-5H3/q+1. The van der Waals surface area contributed by atoms with Crippen molar-refractivity contribution < 1.29 is 13.3 Å². The third-order valence-electron chi connectivity index (χ3n) is 7.76. The van der Waals surface area contributed by atoms with E-state index in [1.54, 1.807) is 0 Å². The average molecular weight is 507 g/mol. The summed E-state index contributed by atoms with van der Waals surface area (Å²) in [5.41, 5.74) is 0. The van der Waals surface area contributed by atoms with E-state index in [1.807, 2.05) is 14.2 Å². The Kier molecular flexibility index (Phi) is 18.8. The molecule has 0 aliphatic rings. The van der Waals surface area contributed by atoms with Gasteiger partial charge in [-0.1, -0.05) is 127 Å². The molecule has 0 spiro atoms. The van der Waals surface area contributed by atoms with Crippen LogP contribution in [0.3, 0.4) is 0 Å². The van der Waals surface area contributed by atoms with Crippen molar-refractivity contribution in [3.63, 3.8) is 0 Å². The fraction of sp³-hybridized carbons (Fsp3) is 0.806. The Bertz CT molecular complexity index is 589. The molecule has 0 saturated heterocycles. The Balaban J connectivity index is 2.02. The molecule has 0 amide bonds. The van der Waals surface area contributed by atoms with Gasteiger partial charge in [0.2, 0.25) is 0 Å². The lowest BCUT2D eigenvalue weighted by Gasteiger charge is -2.32. The highest BCUT2D eigenvalue weighted by Gasteiger charge is 2.38. The van der Waals surface area contributed by atoms with Crippen LogP contribution in [0.1, 0.15) is 116 Å². The van der Waals surface area contributed by atoms with Crippen molar-refractivity contribution in [3.8, 4) is 0 Å². The van der Waals surface area contributed by atoms with Crippen LogP contribution in [0.2, 0.25) is 6.04 Å². The summed E-state index contributed by atoms with van der Waals surface area (Å²) < 4.78 is 13.1. The molecular formula is C31H60NO2Si+. The van der Waals surface area contributed by atoms with E-state index in [0.29, 0.717) is 0 Å². The molecular weight excluding hydrogens is 446 g/mol. The molecule has 1 aromatic carbocycles. The number of nitrogens with zero attached hydrogens (tertiary/aromatic N) is 1. The Labute approximate surface area is 220 Å². The smallest absolute Gasteiger partial charge is 0.372 e. The van der Waals surface area contributed by atoms with Crippen LogP contribution in [0.5, 0.6) is 0 Å². The SMILES string of the molecule is CCCCCCCCCCCCCCCCCC[N+](C)(C)CCC[Si](OC)(OC)c1ccccc1. The lowest BCUT2D eigenvalue weighted by atomic mass is 10.0. The summed E-state index contributed by atoms with van der Waals surface area (Å²) in [5, 5.41) is 1.24. The first-order chi connectivity index (χ1) is 17.0. The minimum atomic E-state index is -2.31. The van der Waals surface area contributed by atoms with Gasteiger partial charge in [0.25, 0.3) is 0 Å². The quantitative estimate of drug-likeness (QED) is 0.0796. The van der Waals surface area contributed by atoms with Gasteiger partial charge in [0.1, 0.15) is 0 Å². The van der Waals surface area contributed by atoms with Gasteiger partial charge in [-0.05, 0) is 24.4 Å². The molecule has 0 heterocycles. The van der Waals surface area contributed by atoms with Crippen molar-refractivity contribution in [2.24, 2.45) is 0 Å². The summed E-state index contributed by atoms with van der Waals surface area (Å²) in [7, 11) is 6.10. The van der Waals surface area contributed by atoms with Crippen LogP contribution in [0, 0.1) is 0 Å². The van der Waals surface area contributed by atoms with Gasteiger partial charge >= 0.3 is 8.56 Å². The first-order valence-corrected chi connectivity index (χ1v) is 17.0. The molecule has 0 radical (unpaired) electrons. The minimum Gasteiger partial charge on any atom is -0.394 e. The van der Waals surface area contributed by atoms with E-state index in [0.717, 1.165) is 16.9 Å². The number of benzene rings is 1. The van der Waals surface area contributed by atoms with Gasteiger partial charge in [0.15, 0.2) is 0 Å². The molecule has 0 unspecified atom stereocenters. The predicted octanol–water partition coefficient (Wildman–Crippen LogP) is 8.36. The summed E-state index contributed by atoms with van der Waals surface area (Å²) in [6, 6.07) is 11.6. The van der Waals surface area contributed by atoms with E-state index in [4.69, 9.17) is 8.85 Å². The molecule has 1 aromatic rings. The predicted molar refractivity (Wildman–Crippen MR) is 157 cm³/mol. The Morgan fingerprint density at radius 2 is 0.971 bits per heavy atom. The lowest BCUT2D eigenvalue weighted by Crippen LogP contribution is -2.53. The fourth-order valence-electron chi connectivity index (χ4n) is 5.30. The van der Waals surface area contributed by atoms with Gasteiger partial charge < -0.3 is 13.3 Å². The number of unbranched alkanes of at least 4 members (excludes halogenated alkanes) is 15. The molecule has 4 heteroatoms. The first kappa shape index (κ1) is 32.3. The van der Waals surface area contributed by atoms with Crippen molar-refractivity contribution in [1.82, 2.24) is 0 Å². The molecule has 0 N–H and O–H groups in total. The third-order valence-corrected chi connectivity index (χ3v) is 11.3. The highest BCUT2D eigenvalue weighted by molar-refractivity contribution is 6.81. The summed E-state index contributed by atoms with van der Waals surface area (Å²) >= 11 is 0. The molecule has 0 fully saturated rings. The van der Waals surface area contributed by atoms with Crippen LogP contribution in [0.25, 0.3) is 0 Å². The van der Waals surface area contributed by atoms with Crippen LogP contribution in [0.4, 0.5) is 0 Å². The second-order valence-electron chi connectivity index (χ2n) is 11.3. The van der Waals surface area contributed by atoms with Crippen LogP contribution in [-0.4, -0.2) is 54.4 Å². The van der Waals surface area contributed by atoms with E-state index in [9.17, 15) is 0 Å². The minimum absolute atomic E-state index is 1.02. The highest BCUT2D eigenvalue weighted by Crippen LogP contribution is 2.18. The zero-order valence-corrected chi connectivity index (χ0v) is 25.3. The van der Waals surface area contributed by atoms with Crippen molar-refractivity contribution in [3.05, 3.63) is 30.3 Å². The van der Waals surface area contributed by atoms with Crippen molar-refractivity contribution >= 4 is 13.7 Å². The maximum absolute atomic E-state index is 5.99. The first-order valence-electron chi connectivity index (χ1n) is 15.0. The maximum Gasteiger partial charge on any atom is 0.372 e. The second-order valence-corrected chi connectivity index (χ2v) is 14.7. The Hall–Kier alpha value is -0.683. The monoisotopic (exact) mass is 506 g/mol. The normalized spacial score (nSPS) is 12.4. The van der Waals surface area contributed by atoms with Gasteiger partial charge in [-0.15, -0.1) is 0 Å².